The first-order valence-electron chi connectivity index (χ1n) is 15.6. The highest BCUT2D eigenvalue weighted by Gasteiger charge is 2.39. The molecule has 5 nitrogen and oxygen atoms in total. The molecule has 0 aliphatic carbocycles. The Labute approximate surface area is 266 Å². The second-order valence-electron chi connectivity index (χ2n) is 16.0. The van der Waals surface area contributed by atoms with E-state index >= 15 is 0 Å². The van der Waals surface area contributed by atoms with Crippen LogP contribution in [0.2, 0.25) is 0 Å². The SMILES string of the molecule is CC(C)(C)c1ccc2c(c1)C(C(C)(C)C)OP(OCC(=O)OCc1ccccc1)Oc1c-2cc(C(C)(C)C)cc1C(C)(C)C. The second-order valence-corrected chi connectivity index (χ2v) is 17.1. The van der Waals surface area contributed by atoms with E-state index in [1.54, 1.807) is 0 Å². The van der Waals surface area contributed by atoms with Crippen molar-refractivity contribution >= 4 is 14.6 Å². The first-order valence-corrected chi connectivity index (χ1v) is 16.7. The van der Waals surface area contributed by atoms with Crippen molar-refractivity contribution in [3.63, 3.8) is 0 Å². The maximum absolute atomic E-state index is 12.8. The van der Waals surface area contributed by atoms with Crippen LogP contribution in [-0.4, -0.2) is 12.6 Å². The molecule has 0 bridgehead atoms. The average Bonchev–Trinajstić information content (AvgIpc) is 2.90. The molecule has 1 aliphatic rings. The van der Waals surface area contributed by atoms with Crippen molar-refractivity contribution in [1.82, 2.24) is 0 Å². The summed E-state index contributed by atoms with van der Waals surface area (Å²) in [6, 6.07) is 20.9. The fourth-order valence-electron chi connectivity index (χ4n) is 5.21. The molecule has 1 aliphatic heterocycles. The van der Waals surface area contributed by atoms with Gasteiger partial charge >= 0.3 is 14.6 Å². The predicted molar refractivity (Wildman–Crippen MR) is 181 cm³/mol. The van der Waals surface area contributed by atoms with E-state index in [1.807, 2.05) is 30.3 Å². The summed E-state index contributed by atoms with van der Waals surface area (Å²) in [6.45, 7) is 26.4. The standard InChI is InChI=1S/C38H51O5P/c1-35(2,3)26-18-19-28-29-21-27(36(4,5)6)22-31(37(7,8)9)33(29)42-44(43-34(30(28)20-26)38(10,11)12)41-24-32(39)40-23-25-16-14-13-15-17-25/h13-22,34H,23-24H2,1-12H3. The lowest BCUT2D eigenvalue weighted by molar-refractivity contribution is -0.147. The maximum atomic E-state index is 12.8. The summed E-state index contributed by atoms with van der Waals surface area (Å²) < 4.78 is 25.3. The number of hydrogen-bond acceptors (Lipinski definition) is 5. The maximum Gasteiger partial charge on any atom is 0.398 e. The zero-order chi connectivity index (χ0) is 32.7. The summed E-state index contributed by atoms with van der Waals surface area (Å²) >= 11 is 0. The second kappa shape index (κ2) is 12.6. The molecule has 238 valence electrons. The lowest BCUT2D eigenvalue weighted by Crippen LogP contribution is -2.25. The zero-order valence-electron chi connectivity index (χ0n) is 28.8. The van der Waals surface area contributed by atoms with Crippen LogP contribution in [0.15, 0.2) is 60.7 Å². The Hall–Kier alpha value is -2.72. The first-order chi connectivity index (χ1) is 20.2. The van der Waals surface area contributed by atoms with Gasteiger partial charge < -0.3 is 9.26 Å². The van der Waals surface area contributed by atoms with Crippen molar-refractivity contribution in [2.24, 2.45) is 5.41 Å². The van der Waals surface area contributed by atoms with Crippen molar-refractivity contribution in [1.29, 1.82) is 0 Å². The number of esters is 1. The number of carbonyl (C=O) groups is 1. The van der Waals surface area contributed by atoms with Crippen LogP contribution in [0, 0.1) is 5.41 Å². The van der Waals surface area contributed by atoms with Crippen LogP contribution >= 0.6 is 8.60 Å². The smallest absolute Gasteiger partial charge is 0.398 e. The number of hydrogen-bond donors (Lipinski definition) is 0. The quantitative estimate of drug-likeness (QED) is 0.210. The van der Waals surface area contributed by atoms with Crippen LogP contribution in [0.4, 0.5) is 0 Å². The van der Waals surface area contributed by atoms with Gasteiger partial charge in [-0.15, -0.1) is 0 Å². The Morgan fingerprint density at radius 3 is 1.95 bits per heavy atom. The van der Waals surface area contributed by atoms with Gasteiger partial charge in [-0.3, -0.25) is 9.05 Å². The topological polar surface area (TPSA) is 54.0 Å². The number of carbonyl (C=O) groups excluding carboxylic acids is 1. The molecule has 4 rings (SSSR count). The molecule has 3 aromatic rings. The van der Waals surface area contributed by atoms with Gasteiger partial charge in [-0.05, 0) is 55.5 Å². The minimum atomic E-state index is -1.97. The number of rotatable bonds is 5. The van der Waals surface area contributed by atoms with Crippen LogP contribution in [0.1, 0.15) is 117 Å². The van der Waals surface area contributed by atoms with Crippen molar-refractivity contribution < 1.29 is 23.1 Å². The van der Waals surface area contributed by atoms with E-state index in [4.69, 9.17) is 18.3 Å². The number of fused-ring (bicyclic) bond motifs is 3. The molecule has 0 saturated heterocycles. The van der Waals surface area contributed by atoms with Crippen LogP contribution in [0.25, 0.3) is 11.1 Å². The van der Waals surface area contributed by atoms with Gasteiger partial charge in [0.25, 0.3) is 0 Å². The summed E-state index contributed by atoms with van der Waals surface area (Å²) in [7, 11) is -1.97. The van der Waals surface area contributed by atoms with E-state index in [2.05, 4.69) is 113 Å². The fraction of sp³-hybridized carbons (Fsp3) is 0.500. The Kier molecular flexibility index (Phi) is 9.77. The molecule has 0 N–H and O–H groups in total. The van der Waals surface area contributed by atoms with E-state index in [0.717, 1.165) is 33.6 Å². The molecule has 0 radical (unpaired) electrons. The highest BCUT2D eigenvalue weighted by molar-refractivity contribution is 7.42. The Bertz CT molecular complexity index is 1470. The predicted octanol–water partition coefficient (Wildman–Crippen LogP) is 10.7. The first kappa shape index (κ1) is 34.2. The monoisotopic (exact) mass is 618 g/mol. The molecular formula is C38H51O5P. The van der Waals surface area contributed by atoms with Gasteiger partial charge in [0.15, 0.2) is 6.61 Å². The van der Waals surface area contributed by atoms with Crippen molar-refractivity contribution in [2.75, 3.05) is 6.61 Å². The molecule has 0 spiro atoms. The van der Waals surface area contributed by atoms with Gasteiger partial charge in [-0.25, -0.2) is 4.79 Å². The minimum Gasteiger partial charge on any atom is -0.459 e. The molecule has 0 fully saturated rings. The summed E-state index contributed by atoms with van der Waals surface area (Å²) in [5.41, 5.74) is 7.04. The lowest BCUT2D eigenvalue weighted by atomic mass is 9.75. The molecule has 0 aromatic heterocycles. The third-order valence-electron chi connectivity index (χ3n) is 7.93. The van der Waals surface area contributed by atoms with Crippen molar-refractivity contribution in [3.8, 4) is 16.9 Å². The van der Waals surface area contributed by atoms with Crippen molar-refractivity contribution in [2.45, 2.75) is 112 Å². The van der Waals surface area contributed by atoms with Crippen molar-refractivity contribution in [3.05, 3.63) is 88.5 Å². The average molecular weight is 619 g/mol. The molecule has 0 saturated carbocycles. The van der Waals surface area contributed by atoms with Crippen LogP contribution < -0.4 is 4.52 Å². The molecule has 0 amide bonds. The van der Waals surface area contributed by atoms with Gasteiger partial charge in [0.05, 0.1) is 6.10 Å². The lowest BCUT2D eigenvalue weighted by Gasteiger charge is -2.38. The van der Waals surface area contributed by atoms with E-state index in [1.165, 1.54) is 11.1 Å². The molecule has 6 heteroatoms. The van der Waals surface area contributed by atoms with Crippen LogP contribution in [0.3, 0.4) is 0 Å². The molecule has 2 unspecified atom stereocenters. The summed E-state index contributed by atoms with van der Waals surface area (Å²) in [6.07, 6.45) is -0.351. The molecule has 2 atom stereocenters. The third-order valence-corrected chi connectivity index (χ3v) is 8.98. The van der Waals surface area contributed by atoms with Gasteiger partial charge in [0.2, 0.25) is 0 Å². The summed E-state index contributed by atoms with van der Waals surface area (Å²) in [4.78, 5) is 12.8. The van der Waals surface area contributed by atoms with Gasteiger partial charge in [0, 0.05) is 11.1 Å². The Morgan fingerprint density at radius 1 is 0.750 bits per heavy atom. The highest BCUT2D eigenvalue weighted by atomic mass is 31.2. The van der Waals surface area contributed by atoms with Gasteiger partial charge in [-0.2, -0.15) is 0 Å². The zero-order valence-corrected chi connectivity index (χ0v) is 29.6. The van der Waals surface area contributed by atoms with E-state index in [-0.39, 0.29) is 41.0 Å². The third kappa shape index (κ3) is 8.10. The van der Waals surface area contributed by atoms with Gasteiger partial charge in [-0.1, -0.05) is 138 Å². The number of benzene rings is 3. The van der Waals surface area contributed by atoms with Gasteiger partial charge in [0.1, 0.15) is 12.4 Å². The van der Waals surface area contributed by atoms with Crippen LogP contribution in [-0.2, 0) is 41.4 Å². The normalized spacial score (nSPS) is 17.5. The van der Waals surface area contributed by atoms with E-state index < -0.39 is 14.6 Å². The summed E-state index contributed by atoms with van der Waals surface area (Å²) in [5, 5.41) is 0. The minimum absolute atomic E-state index is 0.0489. The largest absolute Gasteiger partial charge is 0.459 e. The summed E-state index contributed by atoms with van der Waals surface area (Å²) in [5.74, 6) is 0.277. The fourth-order valence-corrected chi connectivity index (χ4v) is 6.53. The number of ether oxygens (including phenoxy) is 1. The molecule has 1 heterocycles. The van der Waals surface area contributed by atoms with Crippen LogP contribution in [0.5, 0.6) is 5.75 Å². The molecule has 44 heavy (non-hydrogen) atoms. The van der Waals surface area contributed by atoms with E-state index in [9.17, 15) is 4.79 Å². The Morgan fingerprint density at radius 2 is 1.39 bits per heavy atom. The Balaban J connectivity index is 1.85. The molecule has 3 aromatic carbocycles. The highest BCUT2D eigenvalue weighted by Crippen LogP contribution is 2.58. The van der Waals surface area contributed by atoms with E-state index in [0.29, 0.717) is 0 Å². The molecular weight excluding hydrogens is 567 g/mol.